The summed E-state index contributed by atoms with van der Waals surface area (Å²) in [6, 6.07) is 91.0. The van der Waals surface area contributed by atoms with Crippen molar-refractivity contribution in [1.82, 2.24) is 0 Å². The molecule has 0 aliphatic heterocycles. The first-order chi connectivity index (χ1) is 32.2. The van der Waals surface area contributed by atoms with Crippen molar-refractivity contribution in [1.29, 1.82) is 0 Å². The van der Waals surface area contributed by atoms with Gasteiger partial charge in [-0.05, 0) is 120 Å². The fourth-order valence-electron chi connectivity index (χ4n) is 10.9. The lowest BCUT2D eigenvalue weighted by Crippen LogP contribution is -2.28. The number of hydrogen-bond donors (Lipinski definition) is 0. The average Bonchev–Trinajstić information content (AvgIpc) is 3.91. The van der Waals surface area contributed by atoms with E-state index >= 15 is 0 Å². The number of rotatable bonds is 7. The average molecular weight is 828 g/mol. The summed E-state index contributed by atoms with van der Waals surface area (Å²) in [7, 11) is 0. The maximum atomic E-state index is 6.67. The van der Waals surface area contributed by atoms with Gasteiger partial charge in [0, 0.05) is 27.7 Å². The van der Waals surface area contributed by atoms with Crippen LogP contribution in [-0.2, 0) is 5.41 Å². The minimum absolute atomic E-state index is 0.554. The first-order valence-corrected chi connectivity index (χ1v) is 22.4. The van der Waals surface area contributed by atoms with Crippen LogP contribution in [0.3, 0.4) is 0 Å². The molecule has 12 aromatic rings. The van der Waals surface area contributed by atoms with Crippen molar-refractivity contribution in [3.8, 4) is 33.4 Å². The Morgan fingerprint density at radius 3 is 1.71 bits per heavy atom. The molecule has 2 heteroatoms. The van der Waals surface area contributed by atoms with Crippen molar-refractivity contribution >= 4 is 60.5 Å². The van der Waals surface area contributed by atoms with Crippen molar-refractivity contribution in [3.05, 3.63) is 271 Å². The van der Waals surface area contributed by atoms with Crippen LogP contribution in [-0.4, -0.2) is 0 Å². The molecule has 304 valence electrons. The molecule has 65 heavy (non-hydrogen) atoms. The highest BCUT2D eigenvalue weighted by molar-refractivity contribution is 6.18. The predicted octanol–water partition coefficient (Wildman–Crippen LogP) is 17.1. The second kappa shape index (κ2) is 14.8. The van der Waals surface area contributed by atoms with Crippen LogP contribution in [0, 0.1) is 0 Å². The van der Waals surface area contributed by atoms with Gasteiger partial charge < -0.3 is 9.32 Å². The van der Waals surface area contributed by atoms with Gasteiger partial charge in [0.05, 0.1) is 11.1 Å². The SMILES string of the molecule is c1ccc(-c2ccc(N(c3ccc4c(c3)C(c3ccccc3)(c3ccccc3)c3ccccc3-4)c3ccc4oc5ccccc5c4c3-c3ccc4c(ccc5ccccc54)c3)cc2)cc1. The molecule has 11 aromatic carbocycles. The Balaban J connectivity index is 1.11. The van der Waals surface area contributed by atoms with E-state index in [-0.39, 0.29) is 0 Å². The first kappa shape index (κ1) is 37.1. The summed E-state index contributed by atoms with van der Waals surface area (Å²) in [6.07, 6.45) is 0. The number of anilines is 3. The van der Waals surface area contributed by atoms with Crippen LogP contribution in [0.2, 0.25) is 0 Å². The highest BCUT2D eigenvalue weighted by Gasteiger charge is 2.46. The Morgan fingerprint density at radius 1 is 0.338 bits per heavy atom. The molecule has 0 spiro atoms. The summed E-state index contributed by atoms with van der Waals surface area (Å²) >= 11 is 0. The molecule has 2 nitrogen and oxygen atoms in total. The smallest absolute Gasteiger partial charge is 0.136 e. The molecular formula is C63H41NO. The number of fused-ring (bicyclic) bond motifs is 9. The van der Waals surface area contributed by atoms with E-state index in [2.05, 4.69) is 254 Å². The van der Waals surface area contributed by atoms with Crippen molar-refractivity contribution in [2.75, 3.05) is 4.90 Å². The lowest BCUT2D eigenvalue weighted by molar-refractivity contribution is 0.669. The summed E-state index contributed by atoms with van der Waals surface area (Å²) < 4.78 is 6.67. The Labute approximate surface area is 377 Å². The van der Waals surface area contributed by atoms with Crippen LogP contribution in [0.15, 0.2) is 253 Å². The van der Waals surface area contributed by atoms with Gasteiger partial charge in [-0.25, -0.2) is 0 Å². The van der Waals surface area contributed by atoms with E-state index in [1.54, 1.807) is 0 Å². The van der Waals surface area contributed by atoms with Crippen molar-refractivity contribution < 1.29 is 4.42 Å². The topological polar surface area (TPSA) is 16.4 Å². The molecule has 0 amide bonds. The zero-order valence-electron chi connectivity index (χ0n) is 35.5. The van der Waals surface area contributed by atoms with E-state index in [9.17, 15) is 0 Å². The second-order valence-corrected chi connectivity index (χ2v) is 17.2. The van der Waals surface area contributed by atoms with Gasteiger partial charge in [0.1, 0.15) is 11.2 Å². The summed E-state index contributed by atoms with van der Waals surface area (Å²) in [6.45, 7) is 0. The molecule has 0 unspecified atom stereocenters. The quantitative estimate of drug-likeness (QED) is 0.149. The Bertz CT molecular complexity index is 3720. The molecule has 13 rings (SSSR count). The Morgan fingerprint density at radius 2 is 0.923 bits per heavy atom. The second-order valence-electron chi connectivity index (χ2n) is 17.2. The van der Waals surface area contributed by atoms with Crippen LogP contribution < -0.4 is 4.90 Å². The van der Waals surface area contributed by atoms with E-state index in [0.717, 1.165) is 50.1 Å². The fraction of sp³-hybridized carbons (Fsp3) is 0.0159. The van der Waals surface area contributed by atoms with Crippen LogP contribution in [0.4, 0.5) is 17.1 Å². The third-order valence-electron chi connectivity index (χ3n) is 13.7. The summed E-state index contributed by atoms with van der Waals surface area (Å²) in [5, 5.41) is 7.11. The van der Waals surface area contributed by atoms with Gasteiger partial charge in [-0.15, -0.1) is 0 Å². The van der Waals surface area contributed by atoms with Gasteiger partial charge in [-0.3, -0.25) is 0 Å². The zero-order valence-corrected chi connectivity index (χ0v) is 35.5. The van der Waals surface area contributed by atoms with E-state index in [1.165, 1.54) is 66.1 Å². The number of benzene rings is 11. The first-order valence-electron chi connectivity index (χ1n) is 22.4. The van der Waals surface area contributed by atoms with E-state index in [4.69, 9.17) is 4.42 Å². The minimum atomic E-state index is -0.554. The van der Waals surface area contributed by atoms with Crippen molar-refractivity contribution in [2.24, 2.45) is 0 Å². The van der Waals surface area contributed by atoms with Crippen molar-refractivity contribution in [2.45, 2.75) is 5.41 Å². The molecule has 1 heterocycles. The minimum Gasteiger partial charge on any atom is -0.456 e. The number of nitrogens with zero attached hydrogens (tertiary/aromatic N) is 1. The molecule has 0 saturated heterocycles. The third kappa shape index (κ3) is 5.74. The van der Waals surface area contributed by atoms with Gasteiger partial charge in [-0.2, -0.15) is 0 Å². The Kier molecular flexibility index (Phi) is 8.47. The predicted molar refractivity (Wildman–Crippen MR) is 272 cm³/mol. The summed E-state index contributed by atoms with van der Waals surface area (Å²) in [5.74, 6) is 0. The Hall–Kier alpha value is -8.46. The summed E-state index contributed by atoms with van der Waals surface area (Å²) in [4.78, 5) is 2.47. The van der Waals surface area contributed by atoms with Crippen LogP contribution in [0.5, 0.6) is 0 Å². The third-order valence-corrected chi connectivity index (χ3v) is 13.7. The molecule has 1 aromatic heterocycles. The van der Waals surface area contributed by atoms with E-state index in [1.807, 2.05) is 0 Å². The highest BCUT2D eigenvalue weighted by atomic mass is 16.3. The van der Waals surface area contributed by atoms with Crippen molar-refractivity contribution in [3.63, 3.8) is 0 Å². The van der Waals surface area contributed by atoms with Gasteiger partial charge in [0.25, 0.3) is 0 Å². The molecule has 1 aliphatic carbocycles. The number of para-hydroxylation sites is 1. The number of furan rings is 1. The van der Waals surface area contributed by atoms with Crippen LogP contribution in [0.1, 0.15) is 22.3 Å². The highest BCUT2D eigenvalue weighted by Crippen LogP contribution is 2.58. The zero-order chi connectivity index (χ0) is 42.9. The lowest BCUT2D eigenvalue weighted by Gasteiger charge is -2.35. The summed E-state index contributed by atoms with van der Waals surface area (Å²) in [5.41, 5.74) is 16.5. The molecule has 0 N–H and O–H groups in total. The van der Waals surface area contributed by atoms with E-state index in [0.29, 0.717) is 0 Å². The van der Waals surface area contributed by atoms with Crippen LogP contribution >= 0.6 is 0 Å². The molecule has 0 atom stereocenters. The molecule has 0 radical (unpaired) electrons. The lowest BCUT2D eigenvalue weighted by atomic mass is 9.67. The van der Waals surface area contributed by atoms with Gasteiger partial charge in [0.15, 0.2) is 0 Å². The molecular weight excluding hydrogens is 787 g/mol. The van der Waals surface area contributed by atoms with E-state index < -0.39 is 5.41 Å². The normalized spacial score (nSPS) is 12.7. The van der Waals surface area contributed by atoms with Crippen LogP contribution in [0.25, 0.3) is 76.9 Å². The molecule has 0 saturated carbocycles. The largest absolute Gasteiger partial charge is 0.456 e. The maximum absolute atomic E-state index is 6.67. The van der Waals surface area contributed by atoms with Gasteiger partial charge >= 0.3 is 0 Å². The number of hydrogen-bond acceptors (Lipinski definition) is 2. The maximum Gasteiger partial charge on any atom is 0.136 e. The molecule has 0 fully saturated rings. The molecule has 1 aliphatic rings. The van der Waals surface area contributed by atoms with Gasteiger partial charge in [-0.1, -0.05) is 200 Å². The fourth-order valence-corrected chi connectivity index (χ4v) is 10.9. The van der Waals surface area contributed by atoms with Gasteiger partial charge in [0.2, 0.25) is 0 Å². The standard InChI is InChI=1S/C63H41NO/c1-4-16-42(17-5-1)43-30-33-49(34-31-43)64(50-35-37-54-53-24-12-14-26-56(53)63(57(54)41-50,47-19-6-2-7-20-47)48-21-8-3-9-22-48)58-38-39-60-62(55-25-13-15-27-59(55)65-60)61(58)46-32-36-52-45(40-46)29-28-44-18-10-11-23-51(44)52/h1-41H. The molecule has 0 bridgehead atoms. The monoisotopic (exact) mass is 827 g/mol.